The lowest BCUT2D eigenvalue weighted by Gasteiger charge is -2.25. The zero-order chi connectivity index (χ0) is 21.8. The molecule has 29 heavy (non-hydrogen) atoms. The predicted molar refractivity (Wildman–Crippen MR) is 111 cm³/mol. The summed E-state index contributed by atoms with van der Waals surface area (Å²) in [6.45, 7) is 11.7. The minimum absolute atomic E-state index is 0.00400. The third-order valence-corrected chi connectivity index (χ3v) is 4.35. The first-order valence-corrected chi connectivity index (χ1v) is 9.81. The maximum atomic E-state index is 12.4. The molecule has 0 unspecified atom stereocenters. The van der Waals surface area contributed by atoms with Gasteiger partial charge in [-0.3, -0.25) is 0 Å². The Labute approximate surface area is 172 Å². The Morgan fingerprint density at radius 3 is 2.34 bits per heavy atom. The van der Waals surface area contributed by atoms with E-state index in [0.29, 0.717) is 24.5 Å². The van der Waals surface area contributed by atoms with E-state index in [9.17, 15) is 14.7 Å². The lowest BCUT2D eigenvalue weighted by molar-refractivity contribution is 0.0494. The maximum Gasteiger partial charge on any atom is 0.408 e. The van der Waals surface area contributed by atoms with Gasteiger partial charge in [-0.25, -0.2) is 14.6 Å². The van der Waals surface area contributed by atoms with Crippen molar-refractivity contribution in [3.8, 4) is 0 Å². The Kier molecular flexibility index (Phi) is 7.06. The van der Waals surface area contributed by atoms with Crippen molar-refractivity contribution >= 4 is 12.1 Å². The number of aromatic carboxylic acids is 1. The Morgan fingerprint density at radius 1 is 1.21 bits per heavy atom. The molecule has 2 rings (SSSR count). The summed E-state index contributed by atoms with van der Waals surface area (Å²) in [7, 11) is 0. The molecule has 0 saturated heterocycles. The molecule has 0 bridgehead atoms. The number of carbonyl (C=O) groups excluding carboxylic acids is 1. The average molecular weight is 402 g/mol. The van der Waals surface area contributed by atoms with Crippen molar-refractivity contribution < 1.29 is 19.4 Å². The zero-order valence-electron chi connectivity index (χ0n) is 18.0. The number of ether oxygens (including phenoxy) is 1. The van der Waals surface area contributed by atoms with E-state index in [-0.39, 0.29) is 11.6 Å². The minimum atomic E-state index is -1.09. The highest BCUT2D eigenvalue weighted by molar-refractivity contribution is 5.86. The van der Waals surface area contributed by atoms with Gasteiger partial charge in [-0.05, 0) is 45.6 Å². The Balaban J connectivity index is 2.46. The summed E-state index contributed by atoms with van der Waals surface area (Å²) in [5, 5.41) is 12.5. The van der Waals surface area contributed by atoms with E-state index in [2.05, 4.69) is 10.3 Å². The number of alkyl carbamates (subject to hydrolysis) is 1. The number of benzene rings is 1. The number of amides is 1. The van der Waals surface area contributed by atoms with Gasteiger partial charge in [0, 0.05) is 12.2 Å². The van der Waals surface area contributed by atoms with Gasteiger partial charge in [0.1, 0.15) is 11.4 Å². The first-order valence-electron chi connectivity index (χ1n) is 9.81. The molecule has 0 saturated carbocycles. The number of carboxylic acid groups (broad SMARTS) is 1. The van der Waals surface area contributed by atoms with Crippen molar-refractivity contribution in [2.75, 3.05) is 0 Å². The molecule has 2 aromatic rings. The molecule has 7 nitrogen and oxygen atoms in total. The van der Waals surface area contributed by atoms with Crippen LogP contribution in [-0.4, -0.2) is 32.3 Å². The van der Waals surface area contributed by atoms with E-state index in [0.717, 1.165) is 5.56 Å². The highest BCUT2D eigenvalue weighted by Gasteiger charge is 2.28. The molecule has 1 atom stereocenters. The molecular formula is C22H31N3O4. The van der Waals surface area contributed by atoms with Crippen molar-refractivity contribution in [1.29, 1.82) is 0 Å². The predicted octanol–water partition coefficient (Wildman–Crippen LogP) is 4.55. The lowest BCUT2D eigenvalue weighted by Crippen LogP contribution is -2.36. The van der Waals surface area contributed by atoms with Gasteiger partial charge in [-0.2, -0.15) is 0 Å². The second-order valence-electron chi connectivity index (χ2n) is 8.61. The van der Waals surface area contributed by atoms with Gasteiger partial charge in [0.25, 0.3) is 0 Å². The van der Waals surface area contributed by atoms with Crippen molar-refractivity contribution in [2.24, 2.45) is 5.92 Å². The number of rotatable bonds is 7. The van der Waals surface area contributed by atoms with Gasteiger partial charge in [0.15, 0.2) is 5.69 Å². The molecule has 1 aromatic carbocycles. The molecule has 7 heteroatoms. The van der Waals surface area contributed by atoms with Crippen LogP contribution in [0.4, 0.5) is 4.79 Å². The third kappa shape index (κ3) is 6.34. The van der Waals surface area contributed by atoms with Crippen LogP contribution < -0.4 is 5.32 Å². The summed E-state index contributed by atoms with van der Waals surface area (Å²) >= 11 is 0. The summed E-state index contributed by atoms with van der Waals surface area (Å²) in [6, 6.07) is 9.28. The topological polar surface area (TPSA) is 93.4 Å². The first kappa shape index (κ1) is 22.5. The van der Waals surface area contributed by atoms with E-state index in [1.165, 1.54) is 0 Å². The van der Waals surface area contributed by atoms with Crippen LogP contribution in [0.15, 0.2) is 30.3 Å². The van der Waals surface area contributed by atoms with E-state index in [1.54, 1.807) is 27.7 Å². The van der Waals surface area contributed by atoms with Gasteiger partial charge >= 0.3 is 12.1 Å². The minimum Gasteiger partial charge on any atom is -0.476 e. The van der Waals surface area contributed by atoms with Gasteiger partial charge in [-0.1, -0.05) is 44.2 Å². The fourth-order valence-electron chi connectivity index (χ4n) is 3.14. The van der Waals surface area contributed by atoms with E-state index in [4.69, 9.17) is 4.74 Å². The van der Waals surface area contributed by atoms with Crippen molar-refractivity contribution in [1.82, 2.24) is 14.9 Å². The standard InChI is InChI=1S/C22H31N3O4/c1-14(2)12-17(23-21(28)29-22(4,5)6)19-24-18(20(26)27)15(3)25(19)13-16-10-8-7-9-11-16/h7-11,14,17H,12-13H2,1-6H3,(H,23,28)(H,26,27)/t17-/m0/s1. The first-order chi connectivity index (χ1) is 13.5. The smallest absolute Gasteiger partial charge is 0.408 e. The molecule has 0 spiro atoms. The van der Waals surface area contributed by atoms with E-state index in [1.807, 2.05) is 48.7 Å². The van der Waals surface area contributed by atoms with Crippen LogP contribution in [0, 0.1) is 12.8 Å². The molecule has 1 amide bonds. The number of nitrogens with zero attached hydrogens (tertiary/aromatic N) is 2. The van der Waals surface area contributed by atoms with Crippen molar-refractivity contribution in [3.05, 3.63) is 53.1 Å². The molecule has 0 aliphatic rings. The number of hydrogen-bond acceptors (Lipinski definition) is 4. The zero-order valence-corrected chi connectivity index (χ0v) is 18.0. The SMILES string of the molecule is Cc1c(C(=O)O)nc([C@H](CC(C)C)NC(=O)OC(C)(C)C)n1Cc1ccccc1. The van der Waals surface area contributed by atoms with Crippen LogP contribution in [0.2, 0.25) is 0 Å². The normalized spacial score (nSPS) is 12.7. The van der Waals surface area contributed by atoms with E-state index >= 15 is 0 Å². The molecule has 2 N–H and O–H groups in total. The molecule has 0 fully saturated rings. The lowest BCUT2D eigenvalue weighted by atomic mass is 10.0. The number of imidazole rings is 1. The Hall–Kier alpha value is -2.83. The number of aromatic nitrogens is 2. The summed E-state index contributed by atoms with van der Waals surface area (Å²) in [5.41, 5.74) is 0.937. The summed E-state index contributed by atoms with van der Waals surface area (Å²) < 4.78 is 7.27. The average Bonchev–Trinajstić information content (AvgIpc) is 2.90. The summed E-state index contributed by atoms with van der Waals surface area (Å²) in [6.07, 6.45) is 0.0516. The molecule has 0 aliphatic carbocycles. The molecule has 1 heterocycles. The number of nitrogens with one attached hydrogen (secondary N) is 1. The van der Waals surface area contributed by atoms with Gasteiger partial charge in [0.05, 0.1) is 6.04 Å². The van der Waals surface area contributed by atoms with Crippen LogP contribution in [0.1, 0.15) is 74.7 Å². The highest BCUT2D eigenvalue weighted by atomic mass is 16.6. The highest BCUT2D eigenvalue weighted by Crippen LogP contribution is 2.25. The fourth-order valence-corrected chi connectivity index (χ4v) is 3.14. The monoisotopic (exact) mass is 401 g/mol. The van der Waals surface area contributed by atoms with E-state index < -0.39 is 23.7 Å². The summed E-state index contributed by atoms with van der Waals surface area (Å²) in [4.78, 5) is 28.5. The second kappa shape index (κ2) is 9.11. The van der Waals surface area contributed by atoms with Gasteiger partial charge in [0.2, 0.25) is 0 Å². The van der Waals surface area contributed by atoms with Crippen LogP contribution in [0.25, 0.3) is 0 Å². The van der Waals surface area contributed by atoms with Crippen LogP contribution in [-0.2, 0) is 11.3 Å². The number of hydrogen-bond donors (Lipinski definition) is 2. The fraction of sp³-hybridized carbons (Fsp3) is 0.500. The molecular weight excluding hydrogens is 370 g/mol. The molecule has 1 aromatic heterocycles. The Morgan fingerprint density at radius 2 is 1.83 bits per heavy atom. The van der Waals surface area contributed by atoms with Gasteiger partial charge < -0.3 is 19.7 Å². The molecule has 0 radical (unpaired) electrons. The van der Waals surface area contributed by atoms with Gasteiger partial charge in [-0.15, -0.1) is 0 Å². The number of carbonyl (C=O) groups is 2. The molecule has 158 valence electrons. The number of carboxylic acids is 1. The molecule has 0 aliphatic heterocycles. The maximum absolute atomic E-state index is 12.4. The summed E-state index contributed by atoms with van der Waals surface area (Å²) in [5.74, 6) is -0.315. The van der Waals surface area contributed by atoms with Crippen LogP contribution in [0.3, 0.4) is 0 Å². The second-order valence-corrected chi connectivity index (χ2v) is 8.61. The van der Waals surface area contributed by atoms with Crippen molar-refractivity contribution in [2.45, 2.75) is 66.2 Å². The Bertz CT molecular complexity index is 851. The van der Waals surface area contributed by atoms with Crippen LogP contribution >= 0.6 is 0 Å². The largest absolute Gasteiger partial charge is 0.476 e. The van der Waals surface area contributed by atoms with Crippen LogP contribution in [0.5, 0.6) is 0 Å². The van der Waals surface area contributed by atoms with Crippen molar-refractivity contribution in [3.63, 3.8) is 0 Å². The quantitative estimate of drug-likeness (QED) is 0.710. The third-order valence-electron chi connectivity index (χ3n) is 4.35.